The van der Waals surface area contributed by atoms with Crippen molar-refractivity contribution in [1.82, 2.24) is 19.4 Å². The predicted molar refractivity (Wildman–Crippen MR) is 104 cm³/mol. The number of carbonyl (C=O) groups excluding carboxylic acids is 1. The Morgan fingerprint density at radius 1 is 1.16 bits per heavy atom. The first-order valence-corrected chi connectivity index (χ1v) is 9.25. The van der Waals surface area contributed by atoms with Crippen LogP contribution in [0.15, 0.2) is 21.9 Å². The molecular formula is C18H22F3N5O5. The summed E-state index contributed by atoms with van der Waals surface area (Å²) >= 11 is 0. The summed E-state index contributed by atoms with van der Waals surface area (Å²) < 4.78 is 34.0. The van der Waals surface area contributed by atoms with E-state index in [0.29, 0.717) is 5.56 Å². The molecule has 13 heteroatoms. The van der Waals surface area contributed by atoms with Gasteiger partial charge in [0.1, 0.15) is 5.65 Å². The maximum absolute atomic E-state index is 12.4. The summed E-state index contributed by atoms with van der Waals surface area (Å²) in [7, 11) is 2.95. The zero-order chi connectivity index (χ0) is 23.5. The molecule has 0 atom stereocenters. The van der Waals surface area contributed by atoms with Crippen LogP contribution in [0.25, 0.3) is 11.0 Å². The van der Waals surface area contributed by atoms with Crippen LogP contribution in [-0.4, -0.2) is 49.4 Å². The number of carbonyl (C=O) groups is 2. The van der Waals surface area contributed by atoms with E-state index >= 15 is 0 Å². The topological polar surface area (TPSA) is 149 Å². The third kappa shape index (κ3) is 5.69. The molecule has 0 unspecified atom stereocenters. The molecule has 2 aromatic heterocycles. The van der Waals surface area contributed by atoms with Gasteiger partial charge in [0, 0.05) is 32.4 Å². The van der Waals surface area contributed by atoms with Crippen LogP contribution in [0, 0.1) is 0 Å². The Morgan fingerprint density at radius 2 is 1.71 bits per heavy atom. The van der Waals surface area contributed by atoms with Crippen LogP contribution in [-0.2, 0) is 18.9 Å². The minimum atomic E-state index is -5.08. The molecule has 1 fully saturated rings. The second-order valence-electron chi connectivity index (χ2n) is 7.19. The van der Waals surface area contributed by atoms with Crippen LogP contribution in [0.1, 0.15) is 36.0 Å². The second kappa shape index (κ2) is 9.29. The van der Waals surface area contributed by atoms with Crippen LogP contribution in [0.3, 0.4) is 0 Å². The Kier molecular flexibility index (Phi) is 7.21. The van der Waals surface area contributed by atoms with E-state index in [-0.39, 0.29) is 29.0 Å². The third-order valence-corrected chi connectivity index (χ3v) is 4.91. The van der Waals surface area contributed by atoms with Gasteiger partial charge in [-0.15, -0.1) is 0 Å². The summed E-state index contributed by atoms with van der Waals surface area (Å²) in [6.45, 7) is 0. The average Bonchev–Trinajstić information content (AvgIpc) is 2.71. The second-order valence-corrected chi connectivity index (χ2v) is 7.19. The van der Waals surface area contributed by atoms with Crippen molar-refractivity contribution in [3.63, 3.8) is 0 Å². The van der Waals surface area contributed by atoms with Crippen LogP contribution < -0.4 is 22.3 Å². The van der Waals surface area contributed by atoms with E-state index in [4.69, 9.17) is 15.6 Å². The van der Waals surface area contributed by atoms with Crippen LogP contribution in [0.5, 0.6) is 0 Å². The van der Waals surface area contributed by atoms with Crippen molar-refractivity contribution in [2.75, 3.05) is 0 Å². The van der Waals surface area contributed by atoms with Crippen LogP contribution in [0.4, 0.5) is 13.2 Å². The molecule has 31 heavy (non-hydrogen) atoms. The number of aryl methyl sites for hydroxylation is 1. The molecule has 1 saturated carbocycles. The molecule has 0 radical (unpaired) electrons. The molecule has 4 N–H and O–H groups in total. The smallest absolute Gasteiger partial charge is 0.475 e. The average molecular weight is 445 g/mol. The van der Waals surface area contributed by atoms with E-state index in [1.54, 1.807) is 7.05 Å². The minimum Gasteiger partial charge on any atom is -0.475 e. The first-order chi connectivity index (χ1) is 14.3. The lowest BCUT2D eigenvalue weighted by molar-refractivity contribution is -0.192. The first kappa shape index (κ1) is 24.1. The highest BCUT2D eigenvalue weighted by Gasteiger charge is 2.38. The molecule has 2 aromatic rings. The van der Waals surface area contributed by atoms with Gasteiger partial charge in [0.15, 0.2) is 0 Å². The fourth-order valence-corrected chi connectivity index (χ4v) is 3.12. The number of fused-ring (bicyclic) bond motifs is 1. The standard InChI is InChI=1S/C16H21N5O3.C2HF3O2/c1-20-13-12(15(23)21(2)16(20)24)7-9(8-18-13)14(22)19-11-5-3-10(17)4-6-11;3-2(4,5)1(6)7/h7-8,10-11H,3-6,17H2,1-2H3,(H,19,22);(H,6,7). The minimum absolute atomic E-state index is 0.0935. The SMILES string of the molecule is Cn1c(=O)c2cc(C(=O)NC3CCC(N)CC3)cnc2n(C)c1=O.O=C(O)C(F)(F)F. The van der Waals surface area contributed by atoms with Crippen molar-refractivity contribution >= 4 is 22.9 Å². The van der Waals surface area contributed by atoms with Gasteiger partial charge in [-0.25, -0.2) is 14.6 Å². The molecule has 2 heterocycles. The Labute approximate surface area is 173 Å². The molecular weight excluding hydrogens is 423 g/mol. The van der Waals surface area contributed by atoms with Crippen molar-refractivity contribution in [2.24, 2.45) is 19.8 Å². The molecule has 1 aliphatic rings. The van der Waals surface area contributed by atoms with Gasteiger partial charge in [0.2, 0.25) is 0 Å². The zero-order valence-electron chi connectivity index (χ0n) is 16.8. The number of carboxylic acid groups (broad SMARTS) is 1. The Balaban J connectivity index is 0.000000423. The Hall–Kier alpha value is -3.22. The van der Waals surface area contributed by atoms with Gasteiger partial charge >= 0.3 is 17.8 Å². The molecule has 0 aliphatic heterocycles. The lowest BCUT2D eigenvalue weighted by Crippen LogP contribution is -2.40. The van der Waals surface area contributed by atoms with Gasteiger partial charge in [-0.05, 0) is 31.7 Å². The van der Waals surface area contributed by atoms with Gasteiger partial charge in [-0.3, -0.25) is 18.7 Å². The van der Waals surface area contributed by atoms with Crippen LogP contribution >= 0.6 is 0 Å². The summed E-state index contributed by atoms with van der Waals surface area (Å²) in [6, 6.07) is 1.80. The molecule has 3 rings (SSSR count). The number of aromatic nitrogens is 3. The summed E-state index contributed by atoms with van der Waals surface area (Å²) in [5.74, 6) is -3.02. The molecule has 1 amide bonds. The van der Waals surface area contributed by atoms with Gasteiger partial charge in [0.25, 0.3) is 11.5 Å². The predicted octanol–water partition coefficient (Wildman–Crippen LogP) is 0.265. The van der Waals surface area contributed by atoms with Crippen LogP contribution in [0.2, 0.25) is 0 Å². The van der Waals surface area contributed by atoms with Crippen molar-refractivity contribution < 1.29 is 27.9 Å². The molecule has 170 valence electrons. The molecule has 0 aromatic carbocycles. The number of aliphatic carboxylic acids is 1. The Morgan fingerprint density at radius 3 is 2.23 bits per heavy atom. The number of nitrogens with zero attached hydrogens (tertiary/aromatic N) is 3. The number of pyridine rings is 1. The molecule has 0 spiro atoms. The highest BCUT2D eigenvalue weighted by Crippen LogP contribution is 2.17. The number of hydrogen-bond donors (Lipinski definition) is 3. The van der Waals surface area contributed by atoms with E-state index in [9.17, 15) is 27.6 Å². The van der Waals surface area contributed by atoms with Crippen molar-refractivity contribution in [2.45, 2.75) is 43.9 Å². The molecule has 1 aliphatic carbocycles. The normalized spacial score (nSPS) is 18.8. The fourth-order valence-electron chi connectivity index (χ4n) is 3.12. The summed E-state index contributed by atoms with van der Waals surface area (Å²) in [6.07, 6.45) is -0.202. The summed E-state index contributed by atoms with van der Waals surface area (Å²) in [5.41, 5.74) is 5.54. The number of nitrogens with two attached hydrogens (primary N) is 1. The Bertz CT molecular complexity index is 1100. The van der Waals surface area contributed by atoms with Gasteiger partial charge in [0.05, 0.1) is 10.9 Å². The molecule has 0 bridgehead atoms. The van der Waals surface area contributed by atoms with Crippen molar-refractivity contribution in [3.8, 4) is 0 Å². The maximum Gasteiger partial charge on any atom is 0.490 e. The largest absolute Gasteiger partial charge is 0.490 e. The lowest BCUT2D eigenvalue weighted by Gasteiger charge is -2.26. The number of carboxylic acids is 1. The fraction of sp³-hybridized carbons (Fsp3) is 0.500. The van der Waals surface area contributed by atoms with Gasteiger partial charge in [-0.2, -0.15) is 13.2 Å². The number of alkyl halides is 3. The quantitative estimate of drug-likeness (QED) is 0.600. The number of rotatable bonds is 2. The summed E-state index contributed by atoms with van der Waals surface area (Å²) in [4.78, 5) is 49.6. The summed E-state index contributed by atoms with van der Waals surface area (Å²) in [5, 5.41) is 10.3. The van der Waals surface area contributed by atoms with E-state index in [2.05, 4.69) is 10.3 Å². The first-order valence-electron chi connectivity index (χ1n) is 9.25. The van der Waals surface area contributed by atoms with E-state index < -0.39 is 23.4 Å². The molecule has 10 nitrogen and oxygen atoms in total. The number of nitrogens with one attached hydrogen (secondary N) is 1. The van der Waals surface area contributed by atoms with Crippen molar-refractivity contribution in [1.29, 1.82) is 0 Å². The zero-order valence-corrected chi connectivity index (χ0v) is 16.8. The number of hydrogen-bond acceptors (Lipinski definition) is 6. The monoisotopic (exact) mass is 445 g/mol. The van der Waals surface area contributed by atoms with Crippen molar-refractivity contribution in [3.05, 3.63) is 38.7 Å². The third-order valence-electron chi connectivity index (χ3n) is 4.91. The van der Waals surface area contributed by atoms with Gasteiger partial charge < -0.3 is 16.2 Å². The maximum atomic E-state index is 12.4. The highest BCUT2D eigenvalue weighted by atomic mass is 19.4. The molecule has 0 saturated heterocycles. The van der Waals surface area contributed by atoms with E-state index in [0.717, 1.165) is 30.3 Å². The number of halogens is 3. The highest BCUT2D eigenvalue weighted by molar-refractivity contribution is 5.96. The lowest BCUT2D eigenvalue weighted by atomic mass is 9.91. The van der Waals surface area contributed by atoms with E-state index in [1.807, 2.05) is 0 Å². The van der Waals surface area contributed by atoms with Gasteiger partial charge in [-0.1, -0.05) is 0 Å². The number of amides is 1. The van der Waals surface area contributed by atoms with E-state index in [1.165, 1.54) is 23.9 Å².